The molecule has 0 fully saturated rings. The van der Waals surface area contributed by atoms with Crippen LogP contribution in [0.1, 0.15) is 16.1 Å². The first kappa shape index (κ1) is 22.9. The van der Waals surface area contributed by atoms with Crippen molar-refractivity contribution in [2.75, 3.05) is 19.0 Å². The van der Waals surface area contributed by atoms with Gasteiger partial charge in [-0.05, 0) is 48.7 Å². The number of aromatic nitrogens is 3. The fourth-order valence-corrected chi connectivity index (χ4v) is 4.05. The number of carbonyl (C=O) groups excluding carboxylic acids is 3. The second-order valence-corrected chi connectivity index (χ2v) is 8.19. The number of benzene rings is 1. The number of imide groups is 1. The number of hydrogen-bond acceptors (Lipinski definition) is 8. The first-order chi connectivity index (χ1) is 16.4. The standard InChI is InChI=1S/C23H21N5O5S/c1-13-20-16(11-17(18-5-4-10-34-18)25-21(20)28(2)27-13)22(30)33-12-19(29)26-23(31)24-14-6-8-15(32-3)9-7-14/h4-11H,12H2,1-3H3,(H2,24,26,29,31). The van der Waals surface area contributed by atoms with E-state index in [0.717, 1.165) is 4.88 Å². The molecule has 2 N–H and O–H groups in total. The molecular formula is C23H21N5O5S. The predicted molar refractivity (Wildman–Crippen MR) is 127 cm³/mol. The highest BCUT2D eigenvalue weighted by molar-refractivity contribution is 7.13. The molecular weight excluding hydrogens is 458 g/mol. The zero-order valence-corrected chi connectivity index (χ0v) is 19.4. The lowest BCUT2D eigenvalue weighted by Gasteiger charge is -2.09. The number of aryl methyl sites for hydroxylation is 2. The van der Waals surface area contributed by atoms with Crippen LogP contribution in [0.15, 0.2) is 47.8 Å². The molecule has 0 unspecified atom stereocenters. The number of nitrogens with one attached hydrogen (secondary N) is 2. The van der Waals surface area contributed by atoms with Crippen LogP contribution in [-0.4, -0.2) is 46.4 Å². The van der Waals surface area contributed by atoms with E-state index in [2.05, 4.69) is 20.7 Å². The number of rotatable bonds is 6. The lowest BCUT2D eigenvalue weighted by molar-refractivity contribution is -0.123. The first-order valence-corrected chi connectivity index (χ1v) is 11.0. The van der Waals surface area contributed by atoms with Crippen molar-refractivity contribution in [1.82, 2.24) is 20.1 Å². The maximum Gasteiger partial charge on any atom is 0.339 e. The van der Waals surface area contributed by atoms with Gasteiger partial charge in [-0.25, -0.2) is 14.6 Å². The number of anilines is 1. The van der Waals surface area contributed by atoms with Gasteiger partial charge >= 0.3 is 12.0 Å². The third-order valence-corrected chi connectivity index (χ3v) is 5.79. The molecule has 11 heteroatoms. The van der Waals surface area contributed by atoms with Gasteiger partial charge in [-0.1, -0.05) is 6.07 Å². The van der Waals surface area contributed by atoms with E-state index in [1.54, 1.807) is 49.0 Å². The fraction of sp³-hybridized carbons (Fsp3) is 0.174. The van der Waals surface area contributed by atoms with Crippen molar-refractivity contribution in [3.05, 3.63) is 59.1 Å². The third kappa shape index (κ3) is 4.89. The molecule has 174 valence electrons. The summed E-state index contributed by atoms with van der Waals surface area (Å²) in [5, 5.41) is 11.5. The topological polar surface area (TPSA) is 124 Å². The summed E-state index contributed by atoms with van der Waals surface area (Å²) >= 11 is 1.49. The maximum atomic E-state index is 12.9. The summed E-state index contributed by atoms with van der Waals surface area (Å²) in [4.78, 5) is 42.6. The molecule has 10 nitrogen and oxygen atoms in total. The Hall–Kier alpha value is -4.25. The lowest BCUT2D eigenvalue weighted by atomic mass is 10.1. The number of methoxy groups -OCH3 is 1. The number of nitrogens with zero attached hydrogens (tertiary/aromatic N) is 3. The molecule has 1 aromatic carbocycles. The first-order valence-electron chi connectivity index (χ1n) is 10.2. The van der Waals surface area contributed by atoms with E-state index in [9.17, 15) is 14.4 Å². The number of ether oxygens (including phenoxy) is 2. The van der Waals surface area contributed by atoms with E-state index >= 15 is 0 Å². The number of hydrogen-bond donors (Lipinski definition) is 2. The number of amides is 3. The Morgan fingerprint density at radius 3 is 2.59 bits per heavy atom. The van der Waals surface area contributed by atoms with Crippen LogP contribution >= 0.6 is 11.3 Å². The Balaban J connectivity index is 1.44. The van der Waals surface area contributed by atoms with Crippen LogP contribution in [0.5, 0.6) is 5.75 Å². The molecule has 0 aliphatic rings. The zero-order valence-electron chi connectivity index (χ0n) is 18.6. The van der Waals surface area contributed by atoms with Crippen molar-refractivity contribution in [3.63, 3.8) is 0 Å². The summed E-state index contributed by atoms with van der Waals surface area (Å²) in [6, 6.07) is 11.2. The Morgan fingerprint density at radius 2 is 1.91 bits per heavy atom. The van der Waals surface area contributed by atoms with Gasteiger partial charge < -0.3 is 14.8 Å². The van der Waals surface area contributed by atoms with Crippen molar-refractivity contribution >= 4 is 46.0 Å². The zero-order chi connectivity index (χ0) is 24.2. The molecule has 0 bridgehead atoms. The van der Waals surface area contributed by atoms with Crippen LogP contribution in [0.25, 0.3) is 21.6 Å². The van der Waals surface area contributed by atoms with Crippen molar-refractivity contribution in [2.45, 2.75) is 6.92 Å². The van der Waals surface area contributed by atoms with Crippen LogP contribution < -0.4 is 15.4 Å². The number of carbonyl (C=O) groups is 3. The van der Waals surface area contributed by atoms with Gasteiger partial charge in [0.05, 0.1) is 34.3 Å². The molecule has 3 aromatic heterocycles. The largest absolute Gasteiger partial charge is 0.497 e. The van der Waals surface area contributed by atoms with E-state index in [1.807, 2.05) is 17.5 Å². The van der Waals surface area contributed by atoms with E-state index in [4.69, 9.17) is 9.47 Å². The number of thiophene rings is 1. The summed E-state index contributed by atoms with van der Waals surface area (Å²) in [5.41, 5.74) is 2.45. The molecule has 0 aliphatic carbocycles. The number of pyridine rings is 1. The highest BCUT2D eigenvalue weighted by Gasteiger charge is 2.21. The van der Waals surface area contributed by atoms with Crippen LogP contribution in [0.4, 0.5) is 10.5 Å². The Morgan fingerprint density at radius 1 is 1.15 bits per heavy atom. The summed E-state index contributed by atoms with van der Waals surface area (Å²) in [6.45, 7) is 1.13. The molecule has 0 saturated carbocycles. The normalized spacial score (nSPS) is 10.7. The highest BCUT2D eigenvalue weighted by atomic mass is 32.1. The molecule has 0 spiro atoms. The lowest BCUT2D eigenvalue weighted by Crippen LogP contribution is -2.37. The molecule has 3 amide bonds. The van der Waals surface area contributed by atoms with Gasteiger partial charge in [0.25, 0.3) is 5.91 Å². The molecule has 3 heterocycles. The summed E-state index contributed by atoms with van der Waals surface area (Å²) in [5.74, 6) is -0.858. The summed E-state index contributed by atoms with van der Waals surface area (Å²) in [6.07, 6.45) is 0. The summed E-state index contributed by atoms with van der Waals surface area (Å²) < 4.78 is 11.9. The SMILES string of the molecule is COc1ccc(NC(=O)NC(=O)COC(=O)c2cc(-c3cccs3)nc3c2c(C)nn3C)cc1. The van der Waals surface area contributed by atoms with Crippen molar-refractivity contribution in [3.8, 4) is 16.3 Å². The number of esters is 1. The van der Waals surface area contributed by atoms with Crippen LogP contribution in [-0.2, 0) is 16.6 Å². The van der Waals surface area contributed by atoms with E-state index in [-0.39, 0.29) is 5.56 Å². The van der Waals surface area contributed by atoms with Gasteiger partial charge in [0.2, 0.25) is 0 Å². The van der Waals surface area contributed by atoms with Gasteiger partial charge in [0.15, 0.2) is 12.3 Å². The second kappa shape index (κ2) is 9.71. The minimum atomic E-state index is -0.772. The van der Waals surface area contributed by atoms with Gasteiger partial charge in [0, 0.05) is 12.7 Å². The number of urea groups is 1. The Labute approximate surface area is 198 Å². The minimum absolute atomic E-state index is 0.245. The maximum absolute atomic E-state index is 12.9. The Kier molecular flexibility index (Phi) is 6.55. The Bertz CT molecular complexity index is 1360. The average molecular weight is 480 g/mol. The van der Waals surface area contributed by atoms with Crippen molar-refractivity contribution in [1.29, 1.82) is 0 Å². The molecule has 0 radical (unpaired) electrons. The van der Waals surface area contributed by atoms with E-state index in [0.29, 0.717) is 33.9 Å². The van der Waals surface area contributed by atoms with Gasteiger partial charge in [-0.15, -0.1) is 11.3 Å². The van der Waals surface area contributed by atoms with E-state index in [1.165, 1.54) is 18.4 Å². The molecule has 4 rings (SSSR count). The van der Waals surface area contributed by atoms with Gasteiger partial charge in [-0.2, -0.15) is 5.10 Å². The van der Waals surface area contributed by atoms with Crippen LogP contribution in [0.2, 0.25) is 0 Å². The molecule has 4 aromatic rings. The predicted octanol–water partition coefficient (Wildman–Crippen LogP) is 3.52. The van der Waals surface area contributed by atoms with Crippen molar-refractivity contribution in [2.24, 2.45) is 7.05 Å². The molecule has 0 atom stereocenters. The quantitative estimate of drug-likeness (QED) is 0.406. The highest BCUT2D eigenvalue weighted by Crippen LogP contribution is 2.29. The molecule has 0 aliphatic heterocycles. The third-order valence-electron chi connectivity index (χ3n) is 4.90. The second-order valence-electron chi connectivity index (χ2n) is 7.25. The van der Waals surface area contributed by atoms with Gasteiger partial charge in [0.1, 0.15) is 5.75 Å². The molecule has 34 heavy (non-hydrogen) atoms. The average Bonchev–Trinajstić information content (AvgIpc) is 3.46. The van der Waals surface area contributed by atoms with Crippen molar-refractivity contribution < 1.29 is 23.9 Å². The van der Waals surface area contributed by atoms with E-state index < -0.39 is 24.5 Å². The van der Waals surface area contributed by atoms with Crippen LogP contribution in [0.3, 0.4) is 0 Å². The fourth-order valence-electron chi connectivity index (χ4n) is 3.36. The smallest absolute Gasteiger partial charge is 0.339 e. The van der Waals surface area contributed by atoms with Crippen LogP contribution in [0, 0.1) is 6.92 Å². The molecule has 0 saturated heterocycles. The summed E-state index contributed by atoms with van der Waals surface area (Å²) in [7, 11) is 3.27. The minimum Gasteiger partial charge on any atom is -0.497 e. The van der Waals surface area contributed by atoms with Gasteiger partial charge in [-0.3, -0.25) is 14.8 Å². The number of fused-ring (bicyclic) bond motifs is 1. The monoisotopic (exact) mass is 479 g/mol.